The minimum absolute atomic E-state index is 0. The first-order valence-corrected chi connectivity index (χ1v) is 4.43. The van der Waals surface area contributed by atoms with Gasteiger partial charge in [-0.1, -0.05) is 0 Å². The van der Waals surface area contributed by atoms with Crippen LogP contribution in [-0.4, -0.2) is 46.9 Å². The van der Waals surface area contributed by atoms with Crippen LogP contribution in [0.15, 0.2) is 0 Å². The van der Waals surface area contributed by atoms with Crippen molar-refractivity contribution in [1.29, 1.82) is 0 Å². The molecule has 0 radical (unpaired) electrons. The van der Waals surface area contributed by atoms with E-state index < -0.39 is 24.3 Å². The Morgan fingerprint density at radius 3 is 2.80 bits per heavy atom. The maximum atomic E-state index is 11.1. The number of aliphatic carboxylic acids is 1. The van der Waals surface area contributed by atoms with Crippen LogP contribution in [0.1, 0.15) is 12.8 Å². The summed E-state index contributed by atoms with van der Waals surface area (Å²) in [5.74, 6) is -1.55. The third-order valence-corrected chi connectivity index (χ3v) is 2.59. The van der Waals surface area contributed by atoms with E-state index >= 15 is 0 Å². The van der Waals surface area contributed by atoms with Crippen molar-refractivity contribution in [3.63, 3.8) is 0 Å². The molecule has 2 aliphatic heterocycles. The number of carbonyl (C=O) groups is 2. The maximum absolute atomic E-state index is 11.1. The van der Waals surface area contributed by atoms with Gasteiger partial charge in [-0.05, 0) is 6.42 Å². The number of aliphatic hydroxyl groups excluding tert-OH is 1. The van der Waals surface area contributed by atoms with Crippen molar-refractivity contribution < 1.29 is 54.1 Å². The van der Waals surface area contributed by atoms with E-state index in [9.17, 15) is 14.7 Å². The predicted octanol–water partition coefficient (Wildman–Crippen LogP) is -5.55. The molecule has 2 fully saturated rings. The molecule has 15 heavy (non-hydrogen) atoms. The van der Waals surface area contributed by atoms with Crippen LogP contribution in [0.3, 0.4) is 0 Å². The van der Waals surface area contributed by atoms with Crippen molar-refractivity contribution in [2.24, 2.45) is 0 Å². The summed E-state index contributed by atoms with van der Waals surface area (Å²) in [6.07, 6.45) is -0.631. The Morgan fingerprint density at radius 2 is 2.33 bits per heavy atom. The fraction of sp³-hybridized carbons (Fsp3) is 0.750. The van der Waals surface area contributed by atoms with Crippen molar-refractivity contribution in [3.8, 4) is 0 Å². The predicted molar refractivity (Wildman–Crippen MR) is 40.6 cm³/mol. The van der Waals surface area contributed by atoms with Gasteiger partial charge in [0, 0.05) is 6.61 Å². The van der Waals surface area contributed by atoms with Crippen molar-refractivity contribution in [1.82, 2.24) is 4.90 Å². The van der Waals surface area contributed by atoms with E-state index in [1.807, 2.05) is 0 Å². The van der Waals surface area contributed by atoms with Crippen molar-refractivity contribution in [2.75, 3.05) is 6.61 Å². The van der Waals surface area contributed by atoms with E-state index in [-0.39, 0.29) is 54.9 Å². The molecule has 0 spiro atoms. The fourth-order valence-electron chi connectivity index (χ4n) is 1.92. The van der Waals surface area contributed by atoms with Gasteiger partial charge in [-0.3, -0.25) is 4.79 Å². The first kappa shape index (κ1) is 12.9. The van der Waals surface area contributed by atoms with Crippen molar-refractivity contribution in [2.45, 2.75) is 31.2 Å². The molecular formula is C8H10NNaO5. The van der Waals surface area contributed by atoms with E-state index in [2.05, 4.69) is 0 Å². The molecule has 0 aromatic heterocycles. The maximum Gasteiger partial charge on any atom is 1.00 e. The molecule has 78 valence electrons. The number of carboxylic acids is 1. The molecule has 6 nitrogen and oxygen atoms in total. The molecule has 0 aliphatic carbocycles. The number of hydrogen-bond donors (Lipinski definition) is 1. The summed E-state index contributed by atoms with van der Waals surface area (Å²) < 4.78 is 5.27. The van der Waals surface area contributed by atoms with Crippen molar-refractivity contribution >= 4 is 11.9 Å². The second-order valence-electron chi connectivity index (χ2n) is 3.41. The monoisotopic (exact) mass is 223 g/mol. The van der Waals surface area contributed by atoms with Crippen LogP contribution in [0.4, 0.5) is 0 Å². The zero-order chi connectivity index (χ0) is 10.3. The van der Waals surface area contributed by atoms with Crippen LogP contribution in [-0.2, 0) is 14.3 Å². The zero-order valence-electron chi connectivity index (χ0n) is 8.38. The van der Waals surface area contributed by atoms with Gasteiger partial charge in [0.2, 0.25) is 5.91 Å². The van der Waals surface area contributed by atoms with Gasteiger partial charge in [-0.2, -0.15) is 0 Å². The Balaban J connectivity index is 0.00000112. The molecule has 0 aromatic rings. The number of β-lactam (4-membered cyclic amide) rings is 1. The zero-order valence-corrected chi connectivity index (χ0v) is 10.4. The summed E-state index contributed by atoms with van der Waals surface area (Å²) in [4.78, 5) is 23.0. The van der Waals surface area contributed by atoms with E-state index in [1.165, 1.54) is 4.90 Å². The smallest absolute Gasteiger partial charge is 0.548 e. The average Bonchev–Trinajstić information content (AvgIpc) is 2.39. The molecule has 3 atom stereocenters. The Morgan fingerprint density at radius 1 is 1.67 bits per heavy atom. The first-order chi connectivity index (χ1) is 6.65. The SMILES string of the molecule is O=C([O-])[C@H]1C(CCO)O[C@@H]2CC(=O)N21.[Na+]. The molecule has 0 saturated carbocycles. The number of hydrogen-bond acceptors (Lipinski definition) is 5. The van der Waals surface area contributed by atoms with Crippen LogP contribution >= 0.6 is 0 Å². The molecular weight excluding hydrogens is 213 g/mol. The number of aliphatic hydroxyl groups is 1. The number of nitrogens with zero attached hydrogens (tertiary/aromatic N) is 1. The molecule has 7 heteroatoms. The van der Waals surface area contributed by atoms with E-state index in [4.69, 9.17) is 9.84 Å². The normalized spacial score (nSPS) is 33.0. The van der Waals surface area contributed by atoms with E-state index in [1.54, 1.807) is 0 Å². The third kappa shape index (κ3) is 2.05. The van der Waals surface area contributed by atoms with Crippen LogP contribution < -0.4 is 34.7 Å². The number of ether oxygens (including phenoxy) is 1. The fourth-order valence-corrected chi connectivity index (χ4v) is 1.92. The molecule has 0 aromatic carbocycles. The Labute approximate surface area is 108 Å². The summed E-state index contributed by atoms with van der Waals surface area (Å²) in [5.41, 5.74) is 0. The summed E-state index contributed by atoms with van der Waals surface area (Å²) in [6, 6.07) is -1.03. The molecule has 2 aliphatic rings. The number of carbonyl (C=O) groups excluding carboxylic acids is 2. The van der Waals surface area contributed by atoms with Gasteiger partial charge in [0.15, 0.2) is 0 Å². The van der Waals surface area contributed by atoms with Crippen LogP contribution in [0.2, 0.25) is 0 Å². The van der Waals surface area contributed by atoms with Crippen LogP contribution in [0.25, 0.3) is 0 Å². The van der Waals surface area contributed by atoms with Crippen LogP contribution in [0.5, 0.6) is 0 Å². The molecule has 2 heterocycles. The Hall–Kier alpha value is -0.140. The van der Waals surface area contributed by atoms with E-state index in [0.717, 1.165) is 0 Å². The van der Waals surface area contributed by atoms with Gasteiger partial charge in [-0.15, -0.1) is 0 Å². The Bertz CT molecular complexity index is 284. The van der Waals surface area contributed by atoms with Crippen molar-refractivity contribution in [3.05, 3.63) is 0 Å². The van der Waals surface area contributed by atoms with Gasteiger partial charge in [0.1, 0.15) is 12.3 Å². The van der Waals surface area contributed by atoms with Crippen LogP contribution in [0, 0.1) is 0 Å². The summed E-state index contributed by atoms with van der Waals surface area (Å²) in [7, 11) is 0. The Kier molecular flexibility index (Phi) is 4.13. The molecule has 2 saturated heterocycles. The standard InChI is InChI=1S/C8H11NO5.Na/c10-2-1-4-7(8(12)13)9-5(11)3-6(9)14-4;/h4,6-7,10H,1-3H2,(H,12,13);/q;+1/p-1/t4?,6-,7-;/m1./s1. The molecule has 1 N–H and O–H groups in total. The first-order valence-electron chi connectivity index (χ1n) is 4.43. The number of fused-ring (bicyclic) bond motifs is 1. The van der Waals surface area contributed by atoms with Gasteiger partial charge < -0.3 is 24.6 Å². The topological polar surface area (TPSA) is 89.9 Å². The minimum atomic E-state index is -1.32. The average molecular weight is 223 g/mol. The van der Waals surface area contributed by atoms with Gasteiger partial charge >= 0.3 is 29.6 Å². The number of amides is 1. The number of carboxylic acid groups (broad SMARTS) is 1. The van der Waals surface area contributed by atoms with Gasteiger partial charge in [0.25, 0.3) is 0 Å². The number of rotatable bonds is 3. The summed E-state index contributed by atoms with van der Waals surface area (Å²) >= 11 is 0. The van der Waals surface area contributed by atoms with Gasteiger partial charge in [-0.25, -0.2) is 0 Å². The molecule has 1 amide bonds. The summed E-state index contributed by atoms with van der Waals surface area (Å²) in [5, 5.41) is 19.4. The molecule has 1 unspecified atom stereocenters. The second kappa shape index (κ2) is 4.80. The minimum Gasteiger partial charge on any atom is -0.548 e. The van der Waals surface area contributed by atoms with Gasteiger partial charge in [0.05, 0.1) is 18.5 Å². The second-order valence-corrected chi connectivity index (χ2v) is 3.41. The largest absolute Gasteiger partial charge is 1.00 e. The van der Waals surface area contributed by atoms with E-state index in [0.29, 0.717) is 0 Å². The molecule has 2 rings (SSSR count). The third-order valence-electron chi connectivity index (χ3n) is 2.59. The quantitative estimate of drug-likeness (QED) is 0.380. The summed E-state index contributed by atoms with van der Waals surface area (Å²) in [6.45, 7) is -0.163. The molecule has 0 bridgehead atoms.